The van der Waals surface area contributed by atoms with Gasteiger partial charge in [0.2, 0.25) is 0 Å². The van der Waals surface area contributed by atoms with Gasteiger partial charge in [-0.05, 0) is 31.4 Å². The van der Waals surface area contributed by atoms with Gasteiger partial charge in [-0.15, -0.1) is 0 Å². The van der Waals surface area contributed by atoms with Crippen molar-refractivity contribution < 1.29 is 9.53 Å². The molecule has 0 spiro atoms. The third kappa shape index (κ3) is 9.41. The van der Waals surface area contributed by atoms with E-state index in [1.807, 2.05) is 49.4 Å². The fraction of sp³-hybridized carbons (Fsp3) is 0.458. The Bertz CT molecular complexity index is 582. The van der Waals surface area contributed by atoms with Crippen LogP contribution in [0, 0.1) is 0 Å². The van der Waals surface area contributed by atoms with Crippen LogP contribution in [0.25, 0.3) is 6.08 Å². The van der Waals surface area contributed by atoms with E-state index >= 15 is 0 Å². The van der Waals surface area contributed by atoms with Gasteiger partial charge in [0.25, 0.3) is 0 Å². The molecule has 1 aromatic carbocycles. The Hall–Kier alpha value is -2.09. The lowest BCUT2D eigenvalue weighted by atomic mass is 10.1. The van der Waals surface area contributed by atoms with Gasteiger partial charge in [0, 0.05) is 0 Å². The standard InChI is InChI=1S/C24H34O2/c1-3-5-6-7-8-9-10-11-12-13-14-15-16-18-22-19-17-20-24(26-4-2)23(22)21-25/h12-21H,3-11H2,1-2H3. The maximum Gasteiger partial charge on any atom is 0.154 e. The molecule has 0 saturated carbocycles. The molecule has 0 atom stereocenters. The second kappa shape index (κ2) is 15.2. The first-order chi connectivity index (χ1) is 12.8. The first-order valence-corrected chi connectivity index (χ1v) is 10.0. The minimum absolute atomic E-state index is 0.553. The molecule has 2 nitrogen and oxygen atoms in total. The van der Waals surface area contributed by atoms with Gasteiger partial charge >= 0.3 is 0 Å². The molecule has 1 aromatic rings. The van der Waals surface area contributed by atoms with Crippen molar-refractivity contribution in [1.29, 1.82) is 0 Å². The van der Waals surface area contributed by atoms with Crippen molar-refractivity contribution in [3.63, 3.8) is 0 Å². The molecule has 0 aliphatic heterocycles. The molecule has 142 valence electrons. The molecule has 2 heteroatoms. The minimum atomic E-state index is 0.553. The van der Waals surface area contributed by atoms with Gasteiger partial charge in [-0.1, -0.05) is 94.0 Å². The summed E-state index contributed by atoms with van der Waals surface area (Å²) >= 11 is 0. The van der Waals surface area contributed by atoms with E-state index in [0.717, 1.165) is 18.3 Å². The van der Waals surface area contributed by atoms with E-state index in [-0.39, 0.29) is 0 Å². The first kappa shape index (κ1) is 22.0. The summed E-state index contributed by atoms with van der Waals surface area (Å²) in [4.78, 5) is 11.3. The average Bonchev–Trinajstić information content (AvgIpc) is 2.66. The molecule has 0 aromatic heterocycles. The molecule has 0 unspecified atom stereocenters. The Morgan fingerprint density at radius 3 is 2.35 bits per heavy atom. The molecule has 1 rings (SSSR count). The molecule has 0 saturated heterocycles. The molecule has 0 N–H and O–H groups in total. The predicted octanol–water partition coefficient (Wildman–Crippen LogP) is 7.16. The fourth-order valence-electron chi connectivity index (χ4n) is 2.80. The smallest absolute Gasteiger partial charge is 0.154 e. The Kier molecular flexibility index (Phi) is 12.8. The Morgan fingerprint density at radius 2 is 1.62 bits per heavy atom. The topological polar surface area (TPSA) is 26.3 Å². The van der Waals surface area contributed by atoms with Gasteiger partial charge in [0.05, 0.1) is 12.2 Å². The Balaban J connectivity index is 2.31. The van der Waals surface area contributed by atoms with Crippen molar-refractivity contribution in [3.8, 4) is 5.75 Å². The lowest BCUT2D eigenvalue weighted by Gasteiger charge is -2.07. The summed E-state index contributed by atoms with van der Waals surface area (Å²) in [5, 5.41) is 0. The second-order valence-electron chi connectivity index (χ2n) is 6.39. The number of rotatable bonds is 14. The van der Waals surface area contributed by atoms with Crippen LogP contribution in [0.4, 0.5) is 0 Å². The molecular formula is C24H34O2. The number of carbonyl (C=O) groups is 1. The summed E-state index contributed by atoms with van der Waals surface area (Å²) < 4.78 is 5.49. The van der Waals surface area contributed by atoms with Gasteiger partial charge < -0.3 is 4.74 Å². The predicted molar refractivity (Wildman–Crippen MR) is 113 cm³/mol. The SMILES string of the molecule is CCCCCCCCCC=CC=CC=Cc1cccc(OCC)c1C=O. The normalized spacial score (nSPS) is 11.8. The molecule has 0 amide bonds. The summed E-state index contributed by atoms with van der Waals surface area (Å²) in [7, 11) is 0. The van der Waals surface area contributed by atoms with E-state index in [1.165, 1.54) is 44.9 Å². The molecule has 0 bridgehead atoms. The highest BCUT2D eigenvalue weighted by molar-refractivity contribution is 5.85. The molecule has 0 fully saturated rings. The number of hydrogen-bond donors (Lipinski definition) is 0. The fourth-order valence-corrected chi connectivity index (χ4v) is 2.80. The Morgan fingerprint density at radius 1 is 0.885 bits per heavy atom. The summed E-state index contributed by atoms with van der Waals surface area (Å²) in [6.45, 7) is 4.72. The van der Waals surface area contributed by atoms with Crippen LogP contribution in [0.3, 0.4) is 0 Å². The van der Waals surface area contributed by atoms with Crippen molar-refractivity contribution in [2.75, 3.05) is 6.61 Å². The monoisotopic (exact) mass is 354 g/mol. The minimum Gasteiger partial charge on any atom is -0.493 e. The van der Waals surface area contributed by atoms with Crippen LogP contribution in [-0.2, 0) is 0 Å². The maximum absolute atomic E-state index is 11.3. The van der Waals surface area contributed by atoms with Crippen molar-refractivity contribution in [2.24, 2.45) is 0 Å². The molecule has 26 heavy (non-hydrogen) atoms. The van der Waals surface area contributed by atoms with E-state index in [2.05, 4.69) is 19.1 Å². The lowest BCUT2D eigenvalue weighted by Crippen LogP contribution is -1.97. The highest BCUT2D eigenvalue weighted by Gasteiger charge is 2.05. The summed E-state index contributed by atoms with van der Waals surface area (Å²) in [5.74, 6) is 0.642. The number of aldehydes is 1. The maximum atomic E-state index is 11.3. The zero-order valence-electron chi connectivity index (χ0n) is 16.5. The lowest BCUT2D eigenvalue weighted by molar-refractivity contribution is 0.111. The van der Waals surface area contributed by atoms with Gasteiger partial charge in [-0.25, -0.2) is 0 Å². The molecule has 0 radical (unpaired) electrons. The van der Waals surface area contributed by atoms with Crippen LogP contribution in [0.2, 0.25) is 0 Å². The Labute approximate surface area is 159 Å². The van der Waals surface area contributed by atoms with Gasteiger partial charge in [-0.2, -0.15) is 0 Å². The van der Waals surface area contributed by atoms with E-state index in [4.69, 9.17) is 4.74 Å². The molecule has 0 aliphatic rings. The number of allylic oxidation sites excluding steroid dienone is 5. The van der Waals surface area contributed by atoms with Gasteiger partial charge in [0.15, 0.2) is 6.29 Å². The van der Waals surface area contributed by atoms with Crippen LogP contribution < -0.4 is 4.74 Å². The zero-order valence-corrected chi connectivity index (χ0v) is 16.5. The number of benzene rings is 1. The third-order valence-corrected chi connectivity index (χ3v) is 4.24. The average molecular weight is 355 g/mol. The van der Waals surface area contributed by atoms with E-state index < -0.39 is 0 Å². The van der Waals surface area contributed by atoms with Gasteiger partial charge in [0.1, 0.15) is 5.75 Å². The van der Waals surface area contributed by atoms with Crippen LogP contribution in [0.1, 0.15) is 81.1 Å². The van der Waals surface area contributed by atoms with E-state index in [0.29, 0.717) is 17.9 Å². The number of hydrogen-bond acceptors (Lipinski definition) is 2. The molecular weight excluding hydrogens is 320 g/mol. The highest BCUT2D eigenvalue weighted by Crippen LogP contribution is 2.21. The second-order valence-corrected chi connectivity index (χ2v) is 6.39. The van der Waals surface area contributed by atoms with Crippen molar-refractivity contribution in [3.05, 3.63) is 59.7 Å². The van der Waals surface area contributed by atoms with Crippen LogP contribution in [-0.4, -0.2) is 12.9 Å². The molecule has 0 aliphatic carbocycles. The van der Waals surface area contributed by atoms with Crippen LogP contribution in [0.15, 0.2) is 48.6 Å². The number of ether oxygens (including phenoxy) is 1. The van der Waals surface area contributed by atoms with Crippen molar-refractivity contribution in [1.82, 2.24) is 0 Å². The van der Waals surface area contributed by atoms with E-state index in [1.54, 1.807) is 0 Å². The summed E-state index contributed by atoms with van der Waals surface area (Å²) in [6.07, 6.45) is 23.7. The largest absolute Gasteiger partial charge is 0.493 e. The van der Waals surface area contributed by atoms with Crippen LogP contribution in [0.5, 0.6) is 5.75 Å². The summed E-state index contributed by atoms with van der Waals surface area (Å²) in [5.41, 5.74) is 1.48. The molecule has 0 heterocycles. The third-order valence-electron chi connectivity index (χ3n) is 4.24. The van der Waals surface area contributed by atoms with Crippen molar-refractivity contribution >= 4 is 12.4 Å². The number of unbranched alkanes of at least 4 members (excludes halogenated alkanes) is 7. The van der Waals surface area contributed by atoms with Crippen molar-refractivity contribution in [2.45, 2.75) is 65.2 Å². The van der Waals surface area contributed by atoms with Gasteiger partial charge in [-0.3, -0.25) is 4.79 Å². The number of carbonyl (C=O) groups excluding carboxylic acids is 1. The highest BCUT2D eigenvalue weighted by atomic mass is 16.5. The van der Waals surface area contributed by atoms with E-state index in [9.17, 15) is 4.79 Å². The van der Waals surface area contributed by atoms with Crippen LogP contribution >= 0.6 is 0 Å². The quantitative estimate of drug-likeness (QED) is 0.201. The summed E-state index contributed by atoms with van der Waals surface area (Å²) in [6, 6.07) is 5.66. The first-order valence-electron chi connectivity index (χ1n) is 10.0. The zero-order chi connectivity index (χ0) is 18.9.